The molecule has 2 N–H and O–H groups in total. The first kappa shape index (κ1) is 20.2. The Labute approximate surface area is 143 Å². The number of hydrogen-bond donors (Lipinski definition) is 2. The summed E-state index contributed by atoms with van der Waals surface area (Å²) in [5.74, 6) is -2.88. The Morgan fingerprint density at radius 3 is 2.24 bits per heavy atom. The van der Waals surface area contributed by atoms with Crippen molar-refractivity contribution in [1.82, 2.24) is 5.32 Å². The molecule has 0 aliphatic carbocycles. The van der Waals surface area contributed by atoms with Gasteiger partial charge in [-0.15, -0.1) is 0 Å². The van der Waals surface area contributed by atoms with Gasteiger partial charge in [-0.1, -0.05) is 5.16 Å². The van der Waals surface area contributed by atoms with Gasteiger partial charge in [-0.2, -0.15) is 0 Å². The van der Waals surface area contributed by atoms with Gasteiger partial charge in [0.05, 0.1) is 0 Å². The molecule has 1 aliphatic rings. The van der Waals surface area contributed by atoms with Crippen LogP contribution in [0.25, 0.3) is 0 Å². The van der Waals surface area contributed by atoms with E-state index in [-0.39, 0.29) is 12.5 Å². The van der Waals surface area contributed by atoms with E-state index in [9.17, 15) is 19.2 Å². The van der Waals surface area contributed by atoms with Crippen LogP contribution in [0.5, 0.6) is 0 Å². The quantitative estimate of drug-likeness (QED) is 0.266. The summed E-state index contributed by atoms with van der Waals surface area (Å²) in [5, 5.41) is 14.4. The van der Waals surface area contributed by atoms with Gasteiger partial charge >= 0.3 is 17.9 Å². The van der Waals surface area contributed by atoms with Gasteiger partial charge in [0, 0.05) is 27.7 Å². The minimum Gasteiger partial charge on any atom is -0.466 e. The van der Waals surface area contributed by atoms with E-state index in [4.69, 9.17) is 24.2 Å². The van der Waals surface area contributed by atoms with Crippen LogP contribution in [-0.2, 0) is 38.1 Å². The van der Waals surface area contributed by atoms with Gasteiger partial charge in [0.15, 0.2) is 18.3 Å². The molecule has 1 rings (SSSR count). The zero-order valence-electron chi connectivity index (χ0n) is 14.2. The number of carbonyl (C=O) groups excluding carboxylic acids is 4. The maximum Gasteiger partial charge on any atom is 0.303 e. The molecule has 1 saturated heterocycles. The van der Waals surface area contributed by atoms with Gasteiger partial charge in [-0.05, 0) is 0 Å². The first-order valence-corrected chi connectivity index (χ1v) is 7.29. The SMILES string of the molecule is CC(=O)NC1/C(=N/O)O[C@@H](C(COC(C)=O)OC(C)=O)[C@@H]1OC(C)=O. The molecular weight excluding hydrogens is 340 g/mol. The number of carbonyl (C=O) groups is 4. The second-order valence-electron chi connectivity index (χ2n) is 5.22. The van der Waals surface area contributed by atoms with E-state index in [1.807, 2.05) is 0 Å². The average Bonchev–Trinajstić information content (AvgIpc) is 2.79. The van der Waals surface area contributed by atoms with Crippen LogP contribution in [0, 0.1) is 0 Å². The molecule has 25 heavy (non-hydrogen) atoms. The first-order chi connectivity index (χ1) is 11.6. The molecule has 0 saturated carbocycles. The molecular formula is C14H20N2O9. The first-order valence-electron chi connectivity index (χ1n) is 7.29. The summed E-state index contributed by atoms with van der Waals surface area (Å²) in [7, 11) is 0. The second kappa shape index (κ2) is 8.85. The highest BCUT2D eigenvalue weighted by Gasteiger charge is 2.51. The highest BCUT2D eigenvalue weighted by atomic mass is 16.6. The van der Waals surface area contributed by atoms with E-state index < -0.39 is 48.2 Å². The number of amides is 1. The smallest absolute Gasteiger partial charge is 0.303 e. The maximum atomic E-state index is 11.4. The average molecular weight is 360 g/mol. The highest BCUT2D eigenvalue weighted by Crippen LogP contribution is 2.25. The Hall–Kier alpha value is -2.85. The number of hydrogen-bond acceptors (Lipinski definition) is 10. The van der Waals surface area contributed by atoms with Gasteiger partial charge in [0.2, 0.25) is 5.91 Å². The van der Waals surface area contributed by atoms with Crippen LogP contribution in [0.2, 0.25) is 0 Å². The third-order valence-corrected chi connectivity index (χ3v) is 3.07. The summed E-state index contributed by atoms with van der Waals surface area (Å²) < 4.78 is 20.4. The molecule has 0 aromatic heterocycles. The minimum atomic E-state index is -1.17. The molecule has 140 valence electrons. The summed E-state index contributed by atoms with van der Waals surface area (Å²) in [6.45, 7) is 4.23. The maximum absolute atomic E-state index is 11.4. The normalized spacial score (nSPS) is 24.8. The van der Waals surface area contributed by atoms with Crippen molar-refractivity contribution in [3.05, 3.63) is 0 Å². The van der Waals surface area contributed by atoms with Crippen molar-refractivity contribution in [2.75, 3.05) is 6.61 Å². The van der Waals surface area contributed by atoms with Crippen molar-refractivity contribution in [3.8, 4) is 0 Å². The molecule has 11 heteroatoms. The molecule has 0 radical (unpaired) electrons. The molecule has 1 aliphatic heterocycles. The number of rotatable bonds is 6. The van der Waals surface area contributed by atoms with Crippen LogP contribution in [0.15, 0.2) is 5.16 Å². The molecule has 1 amide bonds. The Morgan fingerprint density at radius 2 is 1.80 bits per heavy atom. The summed E-state index contributed by atoms with van der Waals surface area (Å²) >= 11 is 0. The van der Waals surface area contributed by atoms with Crippen molar-refractivity contribution in [3.63, 3.8) is 0 Å². The summed E-state index contributed by atoms with van der Waals surface area (Å²) in [5.41, 5.74) is 0. The second-order valence-corrected chi connectivity index (χ2v) is 5.22. The highest BCUT2D eigenvalue weighted by molar-refractivity contribution is 5.89. The van der Waals surface area contributed by atoms with E-state index in [2.05, 4.69) is 10.5 Å². The fourth-order valence-corrected chi connectivity index (χ4v) is 2.28. The van der Waals surface area contributed by atoms with Crippen molar-refractivity contribution < 1.29 is 43.3 Å². The van der Waals surface area contributed by atoms with Gasteiger partial charge < -0.3 is 29.5 Å². The van der Waals surface area contributed by atoms with E-state index >= 15 is 0 Å². The Morgan fingerprint density at radius 1 is 1.16 bits per heavy atom. The minimum absolute atomic E-state index is 0.341. The monoisotopic (exact) mass is 360 g/mol. The van der Waals surface area contributed by atoms with E-state index in [1.54, 1.807) is 0 Å². The molecule has 4 atom stereocenters. The van der Waals surface area contributed by atoms with Crippen LogP contribution in [0.1, 0.15) is 27.7 Å². The summed E-state index contributed by atoms with van der Waals surface area (Å²) in [6, 6.07) is -1.10. The summed E-state index contributed by atoms with van der Waals surface area (Å²) in [4.78, 5) is 45.1. The zero-order chi connectivity index (χ0) is 19.1. The third-order valence-electron chi connectivity index (χ3n) is 3.07. The van der Waals surface area contributed by atoms with Crippen molar-refractivity contribution >= 4 is 29.7 Å². The van der Waals surface area contributed by atoms with Crippen LogP contribution in [0.3, 0.4) is 0 Å². The number of nitrogens with one attached hydrogen (secondary N) is 1. The number of nitrogens with zero attached hydrogens (tertiary/aromatic N) is 1. The van der Waals surface area contributed by atoms with Gasteiger partial charge in [0.25, 0.3) is 5.90 Å². The van der Waals surface area contributed by atoms with Crippen molar-refractivity contribution in [2.45, 2.75) is 52.0 Å². The fourth-order valence-electron chi connectivity index (χ4n) is 2.28. The molecule has 0 bridgehead atoms. The van der Waals surface area contributed by atoms with Gasteiger partial charge in [-0.25, -0.2) is 0 Å². The van der Waals surface area contributed by atoms with Crippen molar-refractivity contribution in [2.24, 2.45) is 5.16 Å². The molecule has 1 fully saturated rings. The van der Waals surface area contributed by atoms with Crippen LogP contribution < -0.4 is 5.32 Å². The van der Waals surface area contributed by atoms with Gasteiger partial charge in [0.1, 0.15) is 12.6 Å². The van der Waals surface area contributed by atoms with Crippen molar-refractivity contribution in [1.29, 1.82) is 0 Å². The summed E-state index contributed by atoms with van der Waals surface area (Å²) in [6.07, 6.45) is -3.51. The van der Waals surface area contributed by atoms with Crippen LogP contribution >= 0.6 is 0 Å². The molecule has 0 aromatic carbocycles. The van der Waals surface area contributed by atoms with Gasteiger partial charge in [-0.3, -0.25) is 19.2 Å². The predicted molar refractivity (Wildman–Crippen MR) is 79.4 cm³/mol. The van der Waals surface area contributed by atoms with E-state index in [0.29, 0.717) is 0 Å². The predicted octanol–water partition coefficient (Wildman–Crippen LogP) is -0.896. The van der Waals surface area contributed by atoms with E-state index in [0.717, 1.165) is 20.8 Å². The molecule has 1 heterocycles. The standard InChI is InChI=1S/C14H20N2O9/c1-6(17)15-11-13(24-9(4)20)12(25-14(11)16-21)10(23-8(3)19)5-22-7(2)18/h10-13,21H,5H2,1-4H3,(H,15,17)/b16-14-/t10?,11?,12-,13+/m0/s1. The van der Waals surface area contributed by atoms with Crippen LogP contribution in [-0.4, -0.2) is 65.9 Å². The lowest BCUT2D eigenvalue weighted by Gasteiger charge is -2.27. The number of esters is 3. The molecule has 0 spiro atoms. The Balaban J connectivity index is 3.15. The zero-order valence-corrected chi connectivity index (χ0v) is 14.2. The lowest BCUT2D eigenvalue weighted by Crippen LogP contribution is -2.51. The molecule has 11 nitrogen and oxygen atoms in total. The Bertz CT molecular complexity index is 575. The lowest BCUT2D eigenvalue weighted by molar-refractivity contribution is -0.171. The van der Waals surface area contributed by atoms with Crippen LogP contribution in [0.4, 0.5) is 0 Å². The Kier molecular flexibility index (Phi) is 7.15. The molecule has 2 unspecified atom stereocenters. The number of ether oxygens (including phenoxy) is 4. The lowest BCUT2D eigenvalue weighted by atomic mass is 10.0. The topological polar surface area (TPSA) is 150 Å². The fraction of sp³-hybridized carbons (Fsp3) is 0.643. The molecule has 0 aromatic rings. The number of oxime groups is 1. The third kappa shape index (κ3) is 5.94. The van der Waals surface area contributed by atoms with E-state index in [1.165, 1.54) is 6.92 Å². The largest absolute Gasteiger partial charge is 0.466 e.